The van der Waals surface area contributed by atoms with Gasteiger partial charge in [-0.2, -0.15) is 0 Å². The molecule has 0 bridgehead atoms. The number of ether oxygens (including phenoxy) is 1. The average molecular weight is 331 g/mol. The van der Waals surface area contributed by atoms with Crippen molar-refractivity contribution in [2.75, 3.05) is 12.4 Å². The number of nitrogens with one attached hydrogen (secondary N) is 1. The highest BCUT2D eigenvalue weighted by molar-refractivity contribution is 7.18. The Morgan fingerprint density at radius 1 is 1.22 bits per heavy atom. The number of methoxy groups -OCH3 is 1. The molecule has 2 aromatic rings. The lowest BCUT2D eigenvalue weighted by molar-refractivity contribution is -0.117. The van der Waals surface area contributed by atoms with Crippen molar-refractivity contribution in [2.45, 2.75) is 38.5 Å². The maximum atomic E-state index is 12.1. The van der Waals surface area contributed by atoms with Crippen molar-refractivity contribution in [2.24, 2.45) is 5.92 Å². The molecule has 3 rings (SSSR count). The number of aromatic nitrogens is 2. The molecule has 6 heteroatoms. The van der Waals surface area contributed by atoms with Crippen molar-refractivity contribution in [3.63, 3.8) is 0 Å². The second-order valence-corrected chi connectivity index (χ2v) is 6.87. The Balaban J connectivity index is 1.58. The van der Waals surface area contributed by atoms with E-state index in [4.69, 9.17) is 4.74 Å². The van der Waals surface area contributed by atoms with E-state index in [-0.39, 0.29) is 5.91 Å². The number of anilines is 1. The summed E-state index contributed by atoms with van der Waals surface area (Å²) in [6.45, 7) is 0. The van der Waals surface area contributed by atoms with E-state index in [0.717, 1.165) is 16.3 Å². The van der Waals surface area contributed by atoms with Crippen molar-refractivity contribution in [1.29, 1.82) is 0 Å². The van der Waals surface area contributed by atoms with Gasteiger partial charge in [-0.15, -0.1) is 10.2 Å². The molecule has 5 nitrogen and oxygen atoms in total. The highest BCUT2D eigenvalue weighted by atomic mass is 32.1. The lowest BCUT2D eigenvalue weighted by Crippen LogP contribution is -2.18. The van der Waals surface area contributed by atoms with E-state index in [1.165, 1.54) is 43.4 Å². The van der Waals surface area contributed by atoms with Crippen LogP contribution in [0.2, 0.25) is 0 Å². The van der Waals surface area contributed by atoms with Gasteiger partial charge < -0.3 is 10.1 Å². The van der Waals surface area contributed by atoms with Crippen LogP contribution in [-0.4, -0.2) is 23.2 Å². The lowest BCUT2D eigenvalue weighted by atomic mass is 9.87. The largest absolute Gasteiger partial charge is 0.497 e. The second kappa shape index (κ2) is 7.55. The standard InChI is InChI=1S/C17H21N3O2S/c1-22-14-9-7-13(8-10-14)16-19-20-17(23-16)18-15(21)11-12-5-3-2-4-6-12/h7-10,12H,2-6,11H2,1H3,(H,18,20,21). The smallest absolute Gasteiger partial charge is 0.226 e. The molecule has 1 aromatic carbocycles. The molecule has 0 saturated heterocycles. The molecule has 122 valence electrons. The number of carbonyl (C=O) groups is 1. The predicted molar refractivity (Wildman–Crippen MR) is 91.7 cm³/mol. The topological polar surface area (TPSA) is 64.1 Å². The van der Waals surface area contributed by atoms with Gasteiger partial charge in [0.25, 0.3) is 0 Å². The van der Waals surface area contributed by atoms with Crippen molar-refractivity contribution >= 4 is 22.4 Å². The zero-order valence-electron chi connectivity index (χ0n) is 13.2. The van der Waals surface area contributed by atoms with E-state index >= 15 is 0 Å². The molecule has 0 atom stereocenters. The zero-order chi connectivity index (χ0) is 16.1. The number of carbonyl (C=O) groups excluding carboxylic acids is 1. The van der Waals surface area contributed by atoms with Gasteiger partial charge in [0.15, 0.2) is 0 Å². The minimum atomic E-state index is 0.0503. The van der Waals surface area contributed by atoms with Crippen LogP contribution in [0.1, 0.15) is 38.5 Å². The molecule has 0 unspecified atom stereocenters. The average Bonchev–Trinajstić information content (AvgIpc) is 3.04. The summed E-state index contributed by atoms with van der Waals surface area (Å²) in [5.41, 5.74) is 0.969. The summed E-state index contributed by atoms with van der Waals surface area (Å²) in [4.78, 5) is 12.1. The molecule has 1 aliphatic carbocycles. The molecule has 1 heterocycles. The summed E-state index contributed by atoms with van der Waals surface area (Å²) in [6, 6.07) is 7.65. The second-order valence-electron chi connectivity index (χ2n) is 5.90. The Morgan fingerprint density at radius 3 is 2.65 bits per heavy atom. The normalized spacial score (nSPS) is 15.3. The Bertz CT molecular complexity index is 648. The van der Waals surface area contributed by atoms with Crippen LogP contribution in [0.15, 0.2) is 24.3 Å². The van der Waals surface area contributed by atoms with Gasteiger partial charge in [0.1, 0.15) is 10.8 Å². The molecule has 1 N–H and O–H groups in total. The third kappa shape index (κ3) is 4.28. The number of benzene rings is 1. The summed E-state index contributed by atoms with van der Waals surface area (Å²) in [5, 5.41) is 12.5. The zero-order valence-corrected chi connectivity index (χ0v) is 14.1. The van der Waals surface area contributed by atoms with E-state index < -0.39 is 0 Å². The van der Waals surface area contributed by atoms with Gasteiger partial charge in [-0.05, 0) is 43.0 Å². The Kier molecular flexibility index (Phi) is 5.23. The van der Waals surface area contributed by atoms with Crippen LogP contribution in [-0.2, 0) is 4.79 Å². The van der Waals surface area contributed by atoms with Gasteiger partial charge in [-0.1, -0.05) is 30.6 Å². The van der Waals surface area contributed by atoms with Crippen LogP contribution in [0, 0.1) is 5.92 Å². The van der Waals surface area contributed by atoms with Crippen molar-refractivity contribution in [1.82, 2.24) is 10.2 Å². The van der Waals surface area contributed by atoms with Crippen molar-refractivity contribution < 1.29 is 9.53 Å². The summed E-state index contributed by atoms with van der Waals surface area (Å²) < 4.78 is 5.15. The molecule has 1 aliphatic rings. The highest BCUT2D eigenvalue weighted by Gasteiger charge is 2.18. The molecule has 1 amide bonds. The van der Waals surface area contributed by atoms with Gasteiger partial charge in [-0.25, -0.2) is 0 Å². The monoisotopic (exact) mass is 331 g/mol. The quantitative estimate of drug-likeness (QED) is 0.895. The molecular formula is C17H21N3O2S. The SMILES string of the molecule is COc1ccc(-c2nnc(NC(=O)CC3CCCCC3)s2)cc1. The first-order valence-electron chi connectivity index (χ1n) is 8.02. The van der Waals surface area contributed by atoms with E-state index in [1.807, 2.05) is 24.3 Å². The predicted octanol–water partition coefficient (Wildman–Crippen LogP) is 4.12. The molecule has 0 radical (unpaired) electrons. The first-order valence-corrected chi connectivity index (χ1v) is 8.84. The van der Waals surface area contributed by atoms with Gasteiger partial charge in [0.2, 0.25) is 11.0 Å². The van der Waals surface area contributed by atoms with E-state index in [1.54, 1.807) is 7.11 Å². The van der Waals surface area contributed by atoms with Gasteiger partial charge in [-0.3, -0.25) is 4.79 Å². The van der Waals surface area contributed by atoms with Gasteiger partial charge >= 0.3 is 0 Å². The Labute approximate surface area is 140 Å². The van der Waals surface area contributed by atoms with Gasteiger partial charge in [0.05, 0.1) is 7.11 Å². The van der Waals surface area contributed by atoms with Crippen LogP contribution in [0.5, 0.6) is 5.75 Å². The fourth-order valence-electron chi connectivity index (χ4n) is 2.95. The first-order chi connectivity index (χ1) is 11.2. The van der Waals surface area contributed by atoms with E-state index in [9.17, 15) is 4.79 Å². The first kappa shape index (κ1) is 15.9. The van der Waals surface area contributed by atoms with E-state index in [2.05, 4.69) is 15.5 Å². The lowest BCUT2D eigenvalue weighted by Gasteiger charge is -2.20. The maximum absolute atomic E-state index is 12.1. The minimum Gasteiger partial charge on any atom is -0.497 e. The Hall–Kier alpha value is -1.95. The number of hydrogen-bond acceptors (Lipinski definition) is 5. The molecule has 0 aliphatic heterocycles. The highest BCUT2D eigenvalue weighted by Crippen LogP contribution is 2.29. The minimum absolute atomic E-state index is 0.0503. The number of hydrogen-bond donors (Lipinski definition) is 1. The molecule has 1 saturated carbocycles. The summed E-state index contributed by atoms with van der Waals surface area (Å²) in [5.74, 6) is 1.38. The molecule has 0 spiro atoms. The third-order valence-electron chi connectivity index (χ3n) is 4.21. The van der Waals surface area contributed by atoms with Crippen LogP contribution < -0.4 is 10.1 Å². The summed E-state index contributed by atoms with van der Waals surface area (Å²) in [7, 11) is 1.64. The van der Waals surface area contributed by atoms with E-state index in [0.29, 0.717) is 17.5 Å². The van der Waals surface area contributed by atoms with Gasteiger partial charge in [0, 0.05) is 12.0 Å². The maximum Gasteiger partial charge on any atom is 0.226 e. The molecule has 1 fully saturated rings. The van der Waals surface area contributed by atoms with Crippen LogP contribution in [0.4, 0.5) is 5.13 Å². The van der Waals surface area contributed by atoms with Crippen LogP contribution >= 0.6 is 11.3 Å². The summed E-state index contributed by atoms with van der Waals surface area (Å²) >= 11 is 1.39. The number of nitrogens with zero attached hydrogens (tertiary/aromatic N) is 2. The number of amides is 1. The Morgan fingerprint density at radius 2 is 1.96 bits per heavy atom. The fourth-order valence-corrected chi connectivity index (χ4v) is 3.71. The molecular weight excluding hydrogens is 310 g/mol. The van der Waals surface area contributed by atoms with Crippen molar-refractivity contribution in [3.8, 4) is 16.3 Å². The number of rotatable bonds is 5. The molecule has 1 aromatic heterocycles. The van der Waals surface area contributed by atoms with Crippen molar-refractivity contribution in [3.05, 3.63) is 24.3 Å². The van der Waals surface area contributed by atoms with Crippen LogP contribution in [0.3, 0.4) is 0 Å². The summed E-state index contributed by atoms with van der Waals surface area (Å²) in [6.07, 6.45) is 6.73. The molecule has 23 heavy (non-hydrogen) atoms. The third-order valence-corrected chi connectivity index (χ3v) is 5.09. The van der Waals surface area contributed by atoms with Crippen LogP contribution in [0.25, 0.3) is 10.6 Å². The fraction of sp³-hybridized carbons (Fsp3) is 0.471.